The van der Waals surface area contributed by atoms with Gasteiger partial charge >= 0.3 is 0 Å². The van der Waals surface area contributed by atoms with Crippen molar-refractivity contribution in [3.05, 3.63) is 0 Å². The molecule has 0 heterocycles. The van der Waals surface area contributed by atoms with Crippen LogP contribution in [-0.2, 0) is 9.59 Å². The van der Waals surface area contributed by atoms with Gasteiger partial charge in [-0.25, -0.2) is 0 Å². The predicted octanol–water partition coefficient (Wildman–Crippen LogP) is 0.672. The van der Waals surface area contributed by atoms with Crippen LogP contribution in [0.25, 0.3) is 0 Å². The molecule has 0 fully saturated rings. The summed E-state index contributed by atoms with van der Waals surface area (Å²) in [5.74, 6) is -0.843. The highest BCUT2D eigenvalue weighted by molar-refractivity contribution is 7.80. The first kappa shape index (κ1) is 16.8. The van der Waals surface area contributed by atoms with Crippen molar-refractivity contribution >= 4 is 29.0 Å². The number of hydrogen-bond donors (Lipinski definition) is 2. The van der Waals surface area contributed by atoms with Gasteiger partial charge in [0.15, 0.2) is 0 Å². The minimum Gasteiger partial charge on any atom is -0.393 e. The van der Waals surface area contributed by atoms with Crippen molar-refractivity contribution in [3.8, 4) is 0 Å². The second-order valence-corrected chi connectivity index (χ2v) is 5.13. The molecule has 0 saturated heterocycles. The van der Waals surface area contributed by atoms with Gasteiger partial charge in [0.1, 0.15) is 0 Å². The Balaban J connectivity index is 4.47. The highest BCUT2D eigenvalue weighted by atomic mass is 32.1. The zero-order valence-electron chi connectivity index (χ0n) is 11.5. The molecule has 0 aromatic heterocycles. The Morgan fingerprint density at radius 3 is 2.33 bits per heavy atom. The quantitative estimate of drug-likeness (QED) is 0.669. The molecule has 1 unspecified atom stereocenters. The molecule has 0 aliphatic rings. The number of nitrogens with one attached hydrogen (secondary N) is 1. The van der Waals surface area contributed by atoms with E-state index in [4.69, 9.17) is 18.0 Å². The SMILES string of the molecule is CCCC(C(=O)N(C)CC(=O)NC(C)C)C(N)=S. The molecule has 0 radical (unpaired) electrons. The molecule has 0 saturated carbocycles. The average molecular weight is 273 g/mol. The molecular weight excluding hydrogens is 250 g/mol. The highest BCUT2D eigenvalue weighted by Gasteiger charge is 2.24. The van der Waals surface area contributed by atoms with Crippen molar-refractivity contribution < 1.29 is 9.59 Å². The van der Waals surface area contributed by atoms with Crippen LogP contribution in [0.2, 0.25) is 0 Å². The van der Waals surface area contributed by atoms with Gasteiger partial charge in [-0.1, -0.05) is 25.6 Å². The molecule has 0 aromatic rings. The van der Waals surface area contributed by atoms with Crippen molar-refractivity contribution in [2.75, 3.05) is 13.6 Å². The smallest absolute Gasteiger partial charge is 0.239 e. The molecule has 0 rings (SSSR count). The first-order valence-corrected chi connectivity index (χ1v) is 6.54. The van der Waals surface area contributed by atoms with Gasteiger partial charge in [-0.3, -0.25) is 9.59 Å². The van der Waals surface area contributed by atoms with Gasteiger partial charge in [0.2, 0.25) is 11.8 Å². The maximum absolute atomic E-state index is 12.1. The first-order chi connectivity index (χ1) is 8.29. The van der Waals surface area contributed by atoms with E-state index in [0.717, 1.165) is 6.42 Å². The van der Waals surface area contributed by atoms with Crippen molar-refractivity contribution in [2.24, 2.45) is 11.7 Å². The van der Waals surface area contributed by atoms with E-state index in [9.17, 15) is 9.59 Å². The molecule has 0 aliphatic heterocycles. The highest BCUT2D eigenvalue weighted by Crippen LogP contribution is 2.10. The molecule has 18 heavy (non-hydrogen) atoms. The maximum atomic E-state index is 12.1. The van der Waals surface area contributed by atoms with Crippen LogP contribution in [0.1, 0.15) is 33.6 Å². The van der Waals surface area contributed by atoms with Crippen LogP contribution >= 0.6 is 12.2 Å². The van der Waals surface area contributed by atoms with Crippen LogP contribution < -0.4 is 11.1 Å². The summed E-state index contributed by atoms with van der Waals surface area (Å²) in [6.07, 6.45) is 1.43. The summed E-state index contributed by atoms with van der Waals surface area (Å²) in [6.45, 7) is 5.73. The van der Waals surface area contributed by atoms with Crippen LogP contribution in [0.4, 0.5) is 0 Å². The Bertz CT molecular complexity index is 318. The fourth-order valence-corrected chi connectivity index (χ4v) is 1.82. The third kappa shape index (κ3) is 5.95. The monoisotopic (exact) mass is 273 g/mol. The Morgan fingerprint density at radius 2 is 1.94 bits per heavy atom. The van der Waals surface area contributed by atoms with E-state index < -0.39 is 5.92 Å². The molecule has 6 heteroatoms. The van der Waals surface area contributed by atoms with Crippen molar-refractivity contribution in [1.29, 1.82) is 0 Å². The van der Waals surface area contributed by atoms with Crippen molar-refractivity contribution in [2.45, 2.75) is 39.7 Å². The number of amides is 2. The van der Waals surface area contributed by atoms with E-state index in [2.05, 4.69) is 5.32 Å². The number of carbonyl (C=O) groups is 2. The zero-order valence-corrected chi connectivity index (χ0v) is 12.3. The Labute approximate surface area is 114 Å². The number of likely N-dealkylation sites (N-methyl/N-ethyl adjacent to an activating group) is 1. The average Bonchev–Trinajstić information content (AvgIpc) is 2.23. The third-order valence-corrected chi connectivity index (χ3v) is 2.71. The molecule has 5 nitrogen and oxygen atoms in total. The van der Waals surface area contributed by atoms with Gasteiger partial charge in [0.05, 0.1) is 17.5 Å². The standard InChI is InChI=1S/C12H23N3O2S/c1-5-6-9(11(13)18)12(17)15(4)7-10(16)14-8(2)3/h8-9H,5-7H2,1-4H3,(H2,13,18)(H,14,16). The van der Waals surface area contributed by atoms with Crippen LogP contribution in [0.3, 0.4) is 0 Å². The number of hydrogen-bond acceptors (Lipinski definition) is 3. The molecule has 0 aliphatic carbocycles. The molecule has 3 N–H and O–H groups in total. The van der Waals surface area contributed by atoms with E-state index in [-0.39, 0.29) is 29.4 Å². The summed E-state index contributed by atoms with van der Waals surface area (Å²) in [5.41, 5.74) is 5.56. The van der Waals surface area contributed by atoms with Gasteiger partial charge in [-0.15, -0.1) is 0 Å². The third-order valence-electron chi connectivity index (χ3n) is 2.43. The van der Waals surface area contributed by atoms with Crippen LogP contribution in [-0.4, -0.2) is 41.3 Å². The molecular formula is C12H23N3O2S. The topological polar surface area (TPSA) is 75.4 Å². The van der Waals surface area contributed by atoms with Crippen molar-refractivity contribution in [3.63, 3.8) is 0 Å². The molecule has 1 atom stereocenters. The second-order valence-electron chi connectivity index (χ2n) is 4.66. The summed E-state index contributed by atoms with van der Waals surface area (Å²) < 4.78 is 0. The minimum atomic E-state index is -0.471. The molecule has 0 spiro atoms. The lowest BCUT2D eigenvalue weighted by atomic mass is 10.0. The van der Waals surface area contributed by atoms with E-state index in [1.165, 1.54) is 4.90 Å². The molecule has 104 valence electrons. The van der Waals surface area contributed by atoms with E-state index in [1.54, 1.807) is 7.05 Å². The minimum absolute atomic E-state index is 0.0276. The normalized spacial score (nSPS) is 12.1. The summed E-state index contributed by atoms with van der Waals surface area (Å²) in [4.78, 5) is 25.2. The van der Waals surface area contributed by atoms with Crippen LogP contribution in [0, 0.1) is 5.92 Å². The largest absolute Gasteiger partial charge is 0.393 e. The van der Waals surface area contributed by atoms with Gasteiger partial charge in [-0.05, 0) is 20.3 Å². The second kappa shape index (κ2) is 8.02. The fourth-order valence-electron chi connectivity index (χ4n) is 1.60. The van der Waals surface area contributed by atoms with Crippen LogP contribution in [0.5, 0.6) is 0 Å². The lowest BCUT2D eigenvalue weighted by Crippen LogP contribution is -2.45. The van der Waals surface area contributed by atoms with Crippen molar-refractivity contribution in [1.82, 2.24) is 10.2 Å². The van der Waals surface area contributed by atoms with Gasteiger partial charge < -0.3 is 16.0 Å². The summed E-state index contributed by atoms with van der Waals surface area (Å²) >= 11 is 4.89. The Hall–Kier alpha value is -1.17. The number of nitrogens with zero attached hydrogens (tertiary/aromatic N) is 1. The number of rotatable bonds is 7. The summed E-state index contributed by atoms with van der Waals surface area (Å²) in [6, 6.07) is 0.0584. The fraction of sp³-hybridized carbons (Fsp3) is 0.750. The molecule has 0 bridgehead atoms. The zero-order chi connectivity index (χ0) is 14.3. The van der Waals surface area contributed by atoms with Gasteiger partial charge in [-0.2, -0.15) is 0 Å². The summed E-state index contributed by atoms with van der Waals surface area (Å²) in [7, 11) is 1.59. The first-order valence-electron chi connectivity index (χ1n) is 6.13. The number of nitrogens with two attached hydrogens (primary N) is 1. The Morgan fingerprint density at radius 1 is 1.39 bits per heavy atom. The molecule has 0 aromatic carbocycles. The Kier molecular flexibility index (Phi) is 7.50. The number of carbonyl (C=O) groups excluding carboxylic acids is 2. The lowest BCUT2D eigenvalue weighted by Gasteiger charge is -2.23. The van der Waals surface area contributed by atoms with E-state index in [0.29, 0.717) is 6.42 Å². The van der Waals surface area contributed by atoms with E-state index in [1.807, 2.05) is 20.8 Å². The molecule has 2 amide bonds. The van der Waals surface area contributed by atoms with E-state index >= 15 is 0 Å². The maximum Gasteiger partial charge on any atom is 0.239 e. The van der Waals surface area contributed by atoms with Gasteiger partial charge in [0.25, 0.3) is 0 Å². The number of thiocarbonyl (C=S) groups is 1. The predicted molar refractivity (Wildman–Crippen MR) is 76.1 cm³/mol. The lowest BCUT2D eigenvalue weighted by molar-refractivity contribution is -0.136. The van der Waals surface area contributed by atoms with Gasteiger partial charge in [0, 0.05) is 13.1 Å². The summed E-state index contributed by atoms with van der Waals surface area (Å²) in [5, 5.41) is 2.73. The van der Waals surface area contributed by atoms with Crippen LogP contribution in [0.15, 0.2) is 0 Å².